The van der Waals surface area contributed by atoms with Gasteiger partial charge in [-0.25, -0.2) is 4.79 Å². The number of rotatable bonds is 5. The lowest BCUT2D eigenvalue weighted by atomic mass is 9.76. The fourth-order valence-electron chi connectivity index (χ4n) is 2.60. The van der Waals surface area contributed by atoms with Crippen LogP contribution in [0.15, 0.2) is 0 Å². The molecule has 3 unspecified atom stereocenters. The molecular weight excluding hydrogens is 280 g/mol. The Bertz CT molecular complexity index is 413. The highest BCUT2D eigenvalue weighted by Gasteiger charge is 2.48. The van der Waals surface area contributed by atoms with Crippen LogP contribution in [0.25, 0.3) is 0 Å². The van der Waals surface area contributed by atoms with E-state index in [4.69, 9.17) is 0 Å². The Labute approximate surface area is 122 Å². The molecule has 0 aromatic rings. The van der Waals surface area contributed by atoms with Gasteiger partial charge in [-0.15, -0.1) is 0 Å². The monoisotopic (exact) mass is 304 g/mol. The van der Waals surface area contributed by atoms with Gasteiger partial charge < -0.3 is 15.3 Å². The van der Waals surface area contributed by atoms with Crippen LogP contribution in [0.1, 0.15) is 27.2 Å². The number of urea groups is 1. The SMILES string of the molecule is CC(CS(C)=O)NC(=O)N1CCC(C(=O)O)(C(C)C)C1. The van der Waals surface area contributed by atoms with E-state index >= 15 is 0 Å². The quantitative estimate of drug-likeness (QED) is 0.790. The highest BCUT2D eigenvalue weighted by Crippen LogP contribution is 2.38. The Morgan fingerprint density at radius 3 is 2.40 bits per heavy atom. The van der Waals surface area contributed by atoms with Gasteiger partial charge in [-0.2, -0.15) is 0 Å². The number of hydrogen-bond donors (Lipinski definition) is 2. The zero-order valence-corrected chi connectivity index (χ0v) is 13.3. The first-order valence-corrected chi connectivity index (χ1v) is 8.50. The molecule has 1 saturated heterocycles. The molecule has 1 aliphatic heterocycles. The van der Waals surface area contributed by atoms with Crippen LogP contribution in [-0.4, -0.2) is 57.4 Å². The number of nitrogens with one attached hydrogen (secondary N) is 1. The maximum atomic E-state index is 12.1. The molecule has 1 aliphatic rings. The summed E-state index contributed by atoms with van der Waals surface area (Å²) in [6, 6.07) is -0.459. The van der Waals surface area contributed by atoms with Gasteiger partial charge in [0.1, 0.15) is 0 Å². The van der Waals surface area contributed by atoms with Crippen molar-refractivity contribution < 1.29 is 18.9 Å². The molecule has 0 aliphatic carbocycles. The molecule has 2 amide bonds. The smallest absolute Gasteiger partial charge is 0.317 e. The van der Waals surface area contributed by atoms with Crippen LogP contribution < -0.4 is 5.32 Å². The van der Waals surface area contributed by atoms with Crippen molar-refractivity contribution in [1.82, 2.24) is 10.2 Å². The van der Waals surface area contributed by atoms with Crippen LogP contribution in [-0.2, 0) is 15.6 Å². The van der Waals surface area contributed by atoms with Gasteiger partial charge in [-0.1, -0.05) is 13.8 Å². The molecule has 1 rings (SSSR count). The summed E-state index contributed by atoms with van der Waals surface area (Å²) < 4.78 is 11.1. The van der Waals surface area contributed by atoms with E-state index < -0.39 is 22.2 Å². The molecule has 0 radical (unpaired) electrons. The zero-order valence-electron chi connectivity index (χ0n) is 12.5. The second kappa shape index (κ2) is 6.56. The summed E-state index contributed by atoms with van der Waals surface area (Å²) in [5, 5.41) is 12.2. The summed E-state index contributed by atoms with van der Waals surface area (Å²) in [5.74, 6) is -0.475. The number of aliphatic carboxylic acids is 1. The molecule has 3 atom stereocenters. The molecule has 2 N–H and O–H groups in total. The second-order valence-corrected chi connectivity index (χ2v) is 7.36. The van der Waals surface area contributed by atoms with Gasteiger partial charge in [0.25, 0.3) is 0 Å². The third-order valence-electron chi connectivity index (χ3n) is 3.97. The Morgan fingerprint density at radius 2 is 2.00 bits per heavy atom. The summed E-state index contributed by atoms with van der Waals surface area (Å²) in [7, 11) is -0.971. The Balaban J connectivity index is 2.65. The van der Waals surface area contributed by atoms with Crippen molar-refractivity contribution >= 4 is 22.8 Å². The number of likely N-dealkylation sites (tertiary alicyclic amines) is 1. The van der Waals surface area contributed by atoms with E-state index in [-0.39, 0.29) is 24.5 Å². The van der Waals surface area contributed by atoms with Crippen molar-refractivity contribution in [3.8, 4) is 0 Å². The third kappa shape index (κ3) is 3.71. The van der Waals surface area contributed by atoms with Gasteiger partial charge in [0, 0.05) is 41.9 Å². The van der Waals surface area contributed by atoms with E-state index in [9.17, 15) is 18.9 Å². The minimum atomic E-state index is -0.971. The molecule has 1 fully saturated rings. The van der Waals surface area contributed by atoms with Crippen LogP contribution in [0.5, 0.6) is 0 Å². The predicted octanol–water partition coefficient (Wildman–Crippen LogP) is 0.896. The summed E-state index contributed by atoms with van der Waals surface area (Å²) in [6.07, 6.45) is 2.06. The lowest BCUT2D eigenvalue weighted by Crippen LogP contribution is -2.47. The van der Waals surface area contributed by atoms with Crippen molar-refractivity contribution in [2.75, 3.05) is 25.1 Å². The number of hydrogen-bond acceptors (Lipinski definition) is 3. The second-order valence-electron chi connectivity index (χ2n) is 5.88. The number of nitrogens with zero attached hydrogens (tertiary/aromatic N) is 1. The largest absolute Gasteiger partial charge is 0.481 e. The lowest BCUT2D eigenvalue weighted by molar-refractivity contribution is -0.150. The van der Waals surface area contributed by atoms with Crippen molar-refractivity contribution in [2.24, 2.45) is 11.3 Å². The minimum Gasteiger partial charge on any atom is -0.481 e. The molecule has 7 heteroatoms. The summed E-state index contributed by atoms with van der Waals surface area (Å²) in [6.45, 7) is 6.21. The average molecular weight is 304 g/mol. The van der Waals surface area contributed by atoms with Gasteiger partial charge in [0.15, 0.2) is 0 Å². The van der Waals surface area contributed by atoms with Crippen LogP contribution in [0.4, 0.5) is 4.79 Å². The first-order valence-electron chi connectivity index (χ1n) is 6.78. The first-order chi connectivity index (χ1) is 9.19. The Hall–Kier alpha value is -1.11. The number of carbonyl (C=O) groups excluding carboxylic acids is 1. The summed E-state index contributed by atoms with van der Waals surface area (Å²) in [5.41, 5.74) is -0.853. The highest BCUT2D eigenvalue weighted by molar-refractivity contribution is 7.84. The van der Waals surface area contributed by atoms with Crippen LogP contribution in [0, 0.1) is 11.3 Å². The standard InChI is InChI=1S/C13H24N2O4S/c1-9(2)13(11(16)17)5-6-15(8-13)12(18)14-10(3)7-20(4)19/h9-10H,5-8H2,1-4H3,(H,14,18)(H,16,17). The first kappa shape index (κ1) is 16.9. The molecular formula is C13H24N2O4S. The maximum absolute atomic E-state index is 12.1. The molecule has 0 bridgehead atoms. The molecule has 116 valence electrons. The fourth-order valence-corrected chi connectivity index (χ4v) is 3.38. The molecule has 6 nitrogen and oxygen atoms in total. The summed E-state index contributed by atoms with van der Waals surface area (Å²) in [4.78, 5) is 25.1. The van der Waals surface area contributed by atoms with Gasteiger partial charge >= 0.3 is 12.0 Å². The zero-order chi connectivity index (χ0) is 15.5. The predicted molar refractivity (Wildman–Crippen MR) is 78.0 cm³/mol. The highest BCUT2D eigenvalue weighted by atomic mass is 32.2. The fraction of sp³-hybridized carbons (Fsp3) is 0.846. The van der Waals surface area contributed by atoms with E-state index in [1.165, 1.54) is 0 Å². The number of amides is 2. The van der Waals surface area contributed by atoms with Crippen molar-refractivity contribution in [1.29, 1.82) is 0 Å². The lowest BCUT2D eigenvalue weighted by Gasteiger charge is -2.29. The third-order valence-corrected chi connectivity index (χ3v) is 4.94. The number of carboxylic acid groups (broad SMARTS) is 1. The van der Waals surface area contributed by atoms with Gasteiger partial charge in [-0.3, -0.25) is 9.00 Å². The molecule has 0 saturated carbocycles. The normalized spacial score (nSPS) is 25.6. The molecule has 0 aromatic heterocycles. The van der Waals surface area contributed by atoms with Crippen molar-refractivity contribution in [3.63, 3.8) is 0 Å². The molecule has 0 aromatic carbocycles. The topological polar surface area (TPSA) is 86.7 Å². The van der Waals surface area contributed by atoms with E-state index in [0.717, 1.165) is 0 Å². The Morgan fingerprint density at radius 1 is 1.40 bits per heavy atom. The maximum Gasteiger partial charge on any atom is 0.317 e. The van der Waals surface area contributed by atoms with Gasteiger partial charge in [0.05, 0.1) is 5.41 Å². The van der Waals surface area contributed by atoms with E-state index in [2.05, 4.69) is 5.32 Å². The van der Waals surface area contributed by atoms with Crippen LogP contribution in [0.3, 0.4) is 0 Å². The van der Waals surface area contributed by atoms with E-state index in [1.54, 1.807) is 18.1 Å². The number of carbonyl (C=O) groups is 2. The summed E-state index contributed by atoms with van der Waals surface area (Å²) >= 11 is 0. The Kier molecular flexibility index (Phi) is 5.56. The minimum absolute atomic E-state index is 0.0293. The molecule has 20 heavy (non-hydrogen) atoms. The van der Waals surface area contributed by atoms with Gasteiger partial charge in [-0.05, 0) is 19.3 Å². The van der Waals surface area contributed by atoms with Crippen LogP contribution in [0.2, 0.25) is 0 Å². The van der Waals surface area contributed by atoms with Gasteiger partial charge in [0.2, 0.25) is 0 Å². The molecule has 0 spiro atoms. The van der Waals surface area contributed by atoms with Crippen molar-refractivity contribution in [3.05, 3.63) is 0 Å². The van der Waals surface area contributed by atoms with Crippen LogP contribution >= 0.6 is 0 Å². The van der Waals surface area contributed by atoms with E-state index in [0.29, 0.717) is 18.7 Å². The van der Waals surface area contributed by atoms with E-state index in [1.807, 2.05) is 13.8 Å². The average Bonchev–Trinajstić information content (AvgIpc) is 2.73. The number of carboxylic acids is 1. The molecule has 1 heterocycles. The van der Waals surface area contributed by atoms with Crippen molar-refractivity contribution in [2.45, 2.75) is 33.2 Å².